The molecular weight excluding hydrogens is 237 g/mol. The average Bonchev–Trinajstić information content (AvgIpc) is 2.20. The molecule has 3 nitrogen and oxygen atoms in total. The minimum absolute atomic E-state index is 0.0791. The van der Waals surface area contributed by atoms with Crippen LogP contribution in [0.3, 0.4) is 0 Å². The molecule has 1 aromatic carbocycles. The zero-order valence-electron chi connectivity index (χ0n) is 7.67. The third-order valence-corrected chi connectivity index (χ3v) is 2.13. The summed E-state index contributed by atoms with van der Waals surface area (Å²) >= 11 is 11.3. The molecule has 0 unspecified atom stereocenters. The van der Waals surface area contributed by atoms with Crippen molar-refractivity contribution < 1.29 is 4.92 Å². The van der Waals surface area contributed by atoms with Gasteiger partial charge in [-0.15, -0.1) is 11.6 Å². The van der Waals surface area contributed by atoms with Crippen LogP contribution in [0.15, 0.2) is 18.2 Å². The van der Waals surface area contributed by atoms with Crippen LogP contribution in [-0.4, -0.2) is 10.8 Å². The van der Waals surface area contributed by atoms with Crippen molar-refractivity contribution >= 4 is 28.9 Å². The topological polar surface area (TPSA) is 43.1 Å². The molecule has 5 heteroatoms. The molecule has 0 saturated carbocycles. The molecule has 0 aliphatic carbocycles. The van der Waals surface area contributed by atoms with Crippen LogP contribution in [0.25, 0.3) is 0 Å². The summed E-state index contributed by atoms with van der Waals surface area (Å²) in [5, 5.41) is 10.9. The second-order valence-electron chi connectivity index (χ2n) is 2.63. The van der Waals surface area contributed by atoms with Gasteiger partial charge < -0.3 is 0 Å². The molecule has 1 aromatic rings. The molecule has 0 amide bonds. The normalized spacial score (nSPS) is 9.20. The van der Waals surface area contributed by atoms with Gasteiger partial charge in [-0.3, -0.25) is 10.1 Å². The van der Waals surface area contributed by atoms with Gasteiger partial charge in [0.1, 0.15) is 5.56 Å². The lowest BCUT2D eigenvalue weighted by atomic mass is 10.2. The van der Waals surface area contributed by atoms with E-state index in [0.717, 1.165) is 0 Å². The van der Waals surface area contributed by atoms with Crippen molar-refractivity contribution in [2.75, 3.05) is 5.88 Å². The summed E-state index contributed by atoms with van der Waals surface area (Å²) in [4.78, 5) is 10.2. The van der Waals surface area contributed by atoms with Crippen LogP contribution in [0.1, 0.15) is 12.0 Å². The maximum absolute atomic E-state index is 10.7. The lowest BCUT2D eigenvalue weighted by molar-refractivity contribution is -0.385. The van der Waals surface area contributed by atoms with Gasteiger partial charge in [0.15, 0.2) is 0 Å². The van der Waals surface area contributed by atoms with E-state index < -0.39 is 4.92 Å². The second-order valence-corrected chi connectivity index (χ2v) is 3.42. The van der Waals surface area contributed by atoms with Crippen LogP contribution in [0.2, 0.25) is 5.02 Å². The standard InChI is InChI=1S/C10H7Cl2NO2/c11-7-2-1-4-8-9(12)5-3-6-10(8)13(14)15/h3,5-6H,2,7H2. The zero-order chi connectivity index (χ0) is 11.3. The largest absolute Gasteiger partial charge is 0.286 e. The Labute approximate surface area is 97.1 Å². The predicted molar refractivity (Wildman–Crippen MR) is 60.3 cm³/mol. The maximum Gasteiger partial charge on any atom is 0.286 e. The van der Waals surface area contributed by atoms with Crippen LogP contribution in [0.4, 0.5) is 5.69 Å². The molecule has 0 atom stereocenters. The van der Waals surface area contributed by atoms with Crippen LogP contribution < -0.4 is 0 Å². The van der Waals surface area contributed by atoms with Gasteiger partial charge >= 0.3 is 0 Å². The summed E-state index contributed by atoms with van der Waals surface area (Å²) in [5.74, 6) is 5.77. The van der Waals surface area contributed by atoms with Crippen LogP contribution >= 0.6 is 23.2 Å². The number of benzene rings is 1. The highest BCUT2D eigenvalue weighted by molar-refractivity contribution is 6.32. The molecule has 1 rings (SSSR count). The van der Waals surface area contributed by atoms with Crippen molar-refractivity contribution in [3.05, 3.63) is 38.9 Å². The van der Waals surface area contributed by atoms with Gasteiger partial charge in [-0.1, -0.05) is 29.5 Å². The minimum Gasteiger partial charge on any atom is -0.258 e. The van der Waals surface area contributed by atoms with Crippen molar-refractivity contribution in [1.82, 2.24) is 0 Å². The summed E-state index contributed by atoms with van der Waals surface area (Å²) in [6.07, 6.45) is 0.476. The van der Waals surface area contributed by atoms with E-state index in [4.69, 9.17) is 23.2 Å². The van der Waals surface area contributed by atoms with E-state index in [1.54, 1.807) is 6.07 Å². The Kier molecular flexibility index (Phi) is 4.41. The van der Waals surface area contributed by atoms with Gasteiger partial charge in [0.2, 0.25) is 0 Å². The Hall–Kier alpha value is -1.24. The highest BCUT2D eigenvalue weighted by Gasteiger charge is 2.13. The third kappa shape index (κ3) is 3.12. The quantitative estimate of drug-likeness (QED) is 0.347. The van der Waals surface area contributed by atoms with Crippen LogP contribution in [0.5, 0.6) is 0 Å². The highest BCUT2D eigenvalue weighted by Crippen LogP contribution is 2.24. The first-order valence-electron chi connectivity index (χ1n) is 4.14. The smallest absolute Gasteiger partial charge is 0.258 e. The number of alkyl halides is 1. The summed E-state index contributed by atoms with van der Waals surface area (Å²) < 4.78 is 0. The van der Waals surface area contributed by atoms with Gasteiger partial charge in [-0.2, -0.15) is 0 Å². The Bertz CT molecular complexity index is 435. The monoisotopic (exact) mass is 243 g/mol. The number of nitrogens with zero attached hydrogens (tertiary/aromatic N) is 1. The highest BCUT2D eigenvalue weighted by atomic mass is 35.5. The van der Waals surface area contributed by atoms with Crippen molar-refractivity contribution in [2.45, 2.75) is 6.42 Å². The van der Waals surface area contributed by atoms with Gasteiger partial charge in [-0.25, -0.2) is 0 Å². The number of hydrogen-bond acceptors (Lipinski definition) is 2. The first-order chi connectivity index (χ1) is 7.16. The molecule has 0 radical (unpaired) electrons. The summed E-state index contributed by atoms with van der Waals surface area (Å²) in [5.41, 5.74) is 0.166. The van der Waals surface area contributed by atoms with E-state index in [-0.39, 0.29) is 16.3 Å². The fraction of sp³-hybridized carbons (Fsp3) is 0.200. The lowest BCUT2D eigenvalue weighted by Crippen LogP contribution is -1.92. The van der Waals surface area contributed by atoms with Crippen LogP contribution in [-0.2, 0) is 0 Å². The van der Waals surface area contributed by atoms with Crippen LogP contribution in [0, 0.1) is 22.0 Å². The van der Waals surface area contributed by atoms with Crippen molar-refractivity contribution in [3.8, 4) is 11.8 Å². The summed E-state index contributed by atoms with van der Waals surface area (Å²) in [7, 11) is 0. The molecule has 0 saturated heterocycles. The predicted octanol–water partition coefficient (Wildman–Crippen LogP) is 3.23. The summed E-state index contributed by atoms with van der Waals surface area (Å²) in [6, 6.07) is 4.46. The van der Waals surface area contributed by atoms with Gasteiger partial charge in [0, 0.05) is 18.4 Å². The molecule has 0 aliphatic heterocycles. The number of nitro benzene ring substituents is 1. The van der Waals surface area contributed by atoms with E-state index in [9.17, 15) is 10.1 Å². The molecule has 0 aliphatic rings. The molecular formula is C10H7Cl2NO2. The lowest BCUT2D eigenvalue weighted by Gasteiger charge is -1.97. The first kappa shape index (κ1) is 11.8. The Balaban J connectivity index is 3.15. The van der Waals surface area contributed by atoms with Gasteiger partial charge in [-0.05, 0) is 6.07 Å². The van der Waals surface area contributed by atoms with E-state index >= 15 is 0 Å². The molecule has 0 N–H and O–H groups in total. The summed E-state index contributed by atoms with van der Waals surface area (Å²) in [6.45, 7) is 0. The number of hydrogen-bond donors (Lipinski definition) is 0. The molecule has 15 heavy (non-hydrogen) atoms. The van der Waals surface area contributed by atoms with Gasteiger partial charge in [0.05, 0.1) is 9.95 Å². The molecule has 0 bridgehead atoms. The Morgan fingerprint density at radius 2 is 2.20 bits per heavy atom. The first-order valence-corrected chi connectivity index (χ1v) is 5.06. The molecule has 0 heterocycles. The SMILES string of the molecule is O=[N+]([O-])c1cccc(Cl)c1C#CCCCl. The van der Waals surface area contributed by atoms with E-state index in [1.165, 1.54) is 12.1 Å². The van der Waals surface area contributed by atoms with Crippen molar-refractivity contribution in [1.29, 1.82) is 0 Å². The van der Waals surface area contributed by atoms with Crippen molar-refractivity contribution in [3.63, 3.8) is 0 Å². The molecule has 0 aromatic heterocycles. The Morgan fingerprint density at radius 1 is 1.47 bits per heavy atom. The maximum atomic E-state index is 10.7. The second kappa shape index (κ2) is 5.59. The zero-order valence-corrected chi connectivity index (χ0v) is 9.18. The third-order valence-electron chi connectivity index (χ3n) is 1.62. The minimum atomic E-state index is -0.503. The van der Waals surface area contributed by atoms with E-state index in [0.29, 0.717) is 12.3 Å². The fourth-order valence-corrected chi connectivity index (χ4v) is 1.30. The number of halogens is 2. The molecule has 0 fully saturated rings. The van der Waals surface area contributed by atoms with Gasteiger partial charge in [0.25, 0.3) is 5.69 Å². The van der Waals surface area contributed by atoms with E-state index in [2.05, 4.69) is 11.8 Å². The number of rotatable bonds is 2. The molecule has 78 valence electrons. The van der Waals surface area contributed by atoms with Crippen molar-refractivity contribution in [2.24, 2.45) is 0 Å². The average molecular weight is 244 g/mol. The van der Waals surface area contributed by atoms with E-state index in [1.807, 2.05) is 0 Å². The molecule has 0 spiro atoms. The fourth-order valence-electron chi connectivity index (χ4n) is 0.987. The number of nitro groups is 1. The Morgan fingerprint density at radius 3 is 2.80 bits per heavy atom.